The van der Waals surface area contributed by atoms with Crippen LogP contribution >= 0.6 is 0 Å². The number of hydrogen-bond acceptors (Lipinski definition) is 6. The first kappa shape index (κ1) is 20.1. The van der Waals surface area contributed by atoms with E-state index < -0.39 is 0 Å². The number of piperidine rings is 2. The van der Waals surface area contributed by atoms with E-state index >= 15 is 0 Å². The van der Waals surface area contributed by atoms with E-state index in [2.05, 4.69) is 31.9 Å². The van der Waals surface area contributed by atoms with E-state index in [0.29, 0.717) is 24.2 Å². The molecule has 0 aromatic carbocycles. The molecule has 6 heteroatoms. The van der Waals surface area contributed by atoms with Gasteiger partial charge in [0.25, 0.3) is 0 Å². The van der Waals surface area contributed by atoms with Crippen molar-refractivity contribution in [2.45, 2.75) is 62.7 Å². The zero-order valence-electron chi connectivity index (χ0n) is 15.8. The fourth-order valence-corrected chi connectivity index (χ4v) is 4.04. The fourth-order valence-electron chi connectivity index (χ4n) is 4.04. The highest BCUT2D eigenvalue weighted by atomic mass is 15.1. The van der Waals surface area contributed by atoms with Crippen LogP contribution in [0.25, 0.3) is 0 Å². The van der Waals surface area contributed by atoms with Gasteiger partial charge in [-0.2, -0.15) is 0 Å². The van der Waals surface area contributed by atoms with Gasteiger partial charge in [-0.25, -0.2) is 0 Å². The molecule has 4 unspecified atom stereocenters. The molecule has 6 N–H and O–H groups in total. The molecule has 142 valence electrons. The van der Waals surface area contributed by atoms with E-state index in [0.717, 1.165) is 39.3 Å². The predicted molar refractivity (Wildman–Crippen MR) is 103 cm³/mol. The molecule has 2 aliphatic rings. The molecule has 4 atom stereocenters. The quantitative estimate of drug-likeness (QED) is 0.288. The number of likely N-dealkylation sites (N-methyl/N-ethyl adjacent to an activating group) is 2. The first-order valence-corrected chi connectivity index (χ1v) is 10.1. The van der Waals surface area contributed by atoms with Crippen molar-refractivity contribution in [1.82, 2.24) is 31.9 Å². The largest absolute Gasteiger partial charge is 0.318 e. The lowest BCUT2D eigenvalue weighted by Gasteiger charge is -2.41. The Hall–Kier alpha value is -0.240. The zero-order valence-corrected chi connectivity index (χ0v) is 15.8. The van der Waals surface area contributed by atoms with E-state index in [1.54, 1.807) is 0 Å². The summed E-state index contributed by atoms with van der Waals surface area (Å²) < 4.78 is 0. The third kappa shape index (κ3) is 7.33. The maximum Gasteiger partial charge on any atom is 0.0224 e. The van der Waals surface area contributed by atoms with Gasteiger partial charge in [-0.05, 0) is 39.8 Å². The minimum Gasteiger partial charge on any atom is -0.318 e. The van der Waals surface area contributed by atoms with Crippen molar-refractivity contribution >= 4 is 0 Å². The van der Waals surface area contributed by atoms with E-state index in [4.69, 9.17) is 0 Å². The van der Waals surface area contributed by atoms with Gasteiger partial charge in [-0.3, -0.25) is 0 Å². The van der Waals surface area contributed by atoms with Crippen LogP contribution in [0.5, 0.6) is 0 Å². The van der Waals surface area contributed by atoms with E-state index in [1.165, 1.54) is 38.5 Å². The van der Waals surface area contributed by atoms with Gasteiger partial charge >= 0.3 is 0 Å². The van der Waals surface area contributed by atoms with Crippen molar-refractivity contribution < 1.29 is 0 Å². The lowest BCUT2D eigenvalue weighted by atomic mass is 9.87. The molecule has 0 aromatic rings. The predicted octanol–water partition coefficient (Wildman–Crippen LogP) is -0.374. The van der Waals surface area contributed by atoms with Gasteiger partial charge in [-0.1, -0.05) is 12.8 Å². The van der Waals surface area contributed by atoms with Crippen LogP contribution in [-0.4, -0.2) is 77.5 Å². The van der Waals surface area contributed by atoms with E-state index in [9.17, 15) is 0 Å². The van der Waals surface area contributed by atoms with Crippen LogP contribution in [0.2, 0.25) is 0 Å². The Morgan fingerprint density at radius 2 is 1.12 bits per heavy atom. The van der Waals surface area contributed by atoms with E-state index in [-0.39, 0.29) is 0 Å². The van der Waals surface area contributed by atoms with Gasteiger partial charge in [0.1, 0.15) is 0 Å². The second-order valence-electron chi connectivity index (χ2n) is 7.42. The second kappa shape index (κ2) is 12.2. The highest BCUT2D eigenvalue weighted by Crippen LogP contribution is 2.22. The number of rotatable bonds is 11. The molecule has 2 heterocycles. The van der Waals surface area contributed by atoms with Gasteiger partial charge in [0.2, 0.25) is 0 Å². The molecule has 0 radical (unpaired) electrons. The van der Waals surface area contributed by atoms with Crippen LogP contribution in [-0.2, 0) is 0 Å². The molecule has 0 aliphatic carbocycles. The second-order valence-corrected chi connectivity index (χ2v) is 7.42. The van der Waals surface area contributed by atoms with Crippen molar-refractivity contribution in [3.05, 3.63) is 0 Å². The van der Waals surface area contributed by atoms with Crippen molar-refractivity contribution in [3.63, 3.8) is 0 Å². The highest BCUT2D eigenvalue weighted by molar-refractivity contribution is 4.93. The lowest BCUT2D eigenvalue weighted by molar-refractivity contribution is 0.207. The summed E-state index contributed by atoms with van der Waals surface area (Å²) >= 11 is 0. The molecule has 0 saturated carbocycles. The molecular formula is C18H40N6. The lowest BCUT2D eigenvalue weighted by Crippen LogP contribution is -2.60. The van der Waals surface area contributed by atoms with Crippen LogP contribution in [0.3, 0.4) is 0 Å². The maximum absolute atomic E-state index is 3.92. The summed E-state index contributed by atoms with van der Waals surface area (Å²) in [5.74, 6) is 0. The van der Waals surface area contributed by atoms with Gasteiger partial charge < -0.3 is 31.9 Å². The normalized spacial score (nSPS) is 31.2. The monoisotopic (exact) mass is 340 g/mol. The summed E-state index contributed by atoms with van der Waals surface area (Å²) in [6.45, 7) is 6.40. The van der Waals surface area contributed by atoms with Gasteiger partial charge in [0.05, 0.1) is 0 Å². The summed E-state index contributed by atoms with van der Waals surface area (Å²) in [6.07, 6.45) is 7.99. The van der Waals surface area contributed by atoms with Gasteiger partial charge in [0.15, 0.2) is 0 Å². The van der Waals surface area contributed by atoms with Crippen LogP contribution in [0, 0.1) is 0 Å². The number of nitrogens with one attached hydrogen (secondary N) is 6. The Morgan fingerprint density at radius 1 is 0.667 bits per heavy atom. The average molecular weight is 341 g/mol. The van der Waals surface area contributed by atoms with Crippen LogP contribution in [0.4, 0.5) is 0 Å². The topological polar surface area (TPSA) is 72.2 Å². The molecule has 0 spiro atoms. The molecule has 0 bridgehead atoms. The summed E-state index contributed by atoms with van der Waals surface area (Å²) in [7, 11) is 4.02. The van der Waals surface area contributed by atoms with Crippen LogP contribution in [0.1, 0.15) is 38.5 Å². The molecule has 2 saturated heterocycles. The maximum atomic E-state index is 3.92. The molecule has 0 amide bonds. The third-order valence-electron chi connectivity index (χ3n) is 5.41. The summed E-state index contributed by atoms with van der Waals surface area (Å²) in [5, 5.41) is 21.4. The molecule has 24 heavy (non-hydrogen) atoms. The van der Waals surface area contributed by atoms with E-state index in [1.807, 2.05) is 14.1 Å². The Balaban J connectivity index is 1.67. The minimum atomic E-state index is 0.636. The molecule has 0 aromatic heterocycles. The Bertz CT molecular complexity index is 284. The standard InChI is InChI=1S/C18H40N6/c1-19-9-11-21-13-15-5-3-7-17(23-15)18-8-4-6-16(24-18)14-22-12-10-20-2/h15-24H,3-14H2,1-2H3. The summed E-state index contributed by atoms with van der Waals surface area (Å²) in [4.78, 5) is 0. The summed E-state index contributed by atoms with van der Waals surface area (Å²) in [6, 6.07) is 2.57. The first-order valence-electron chi connectivity index (χ1n) is 10.1. The number of hydrogen-bond donors (Lipinski definition) is 6. The molecule has 2 fully saturated rings. The SMILES string of the molecule is CNCCNCC1CCCC(C2CCCC(CNCCNC)N2)N1. The van der Waals surface area contributed by atoms with Crippen molar-refractivity contribution in [3.8, 4) is 0 Å². The highest BCUT2D eigenvalue weighted by Gasteiger charge is 2.30. The Kier molecular flexibility index (Phi) is 10.2. The molecule has 2 rings (SSSR count). The van der Waals surface area contributed by atoms with Crippen LogP contribution in [0.15, 0.2) is 0 Å². The Labute approximate surface area is 148 Å². The Morgan fingerprint density at radius 3 is 1.54 bits per heavy atom. The first-order chi connectivity index (χ1) is 11.8. The minimum absolute atomic E-state index is 0.636. The fraction of sp³-hybridized carbons (Fsp3) is 1.00. The molecule has 2 aliphatic heterocycles. The molecular weight excluding hydrogens is 300 g/mol. The summed E-state index contributed by atoms with van der Waals surface area (Å²) in [5.41, 5.74) is 0. The van der Waals surface area contributed by atoms with Gasteiger partial charge in [-0.15, -0.1) is 0 Å². The van der Waals surface area contributed by atoms with Crippen LogP contribution < -0.4 is 31.9 Å². The van der Waals surface area contributed by atoms with Crippen molar-refractivity contribution in [1.29, 1.82) is 0 Å². The van der Waals surface area contributed by atoms with Crippen molar-refractivity contribution in [2.75, 3.05) is 53.4 Å². The average Bonchev–Trinajstić information content (AvgIpc) is 2.63. The smallest absolute Gasteiger partial charge is 0.0224 e. The zero-order chi connectivity index (χ0) is 17.0. The van der Waals surface area contributed by atoms with Gasteiger partial charge in [0, 0.05) is 63.4 Å². The van der Waals surface area contributed by atoms with Crippen molar-refractivity contribution in [2.24, 2.45) is 0 Å². The third-order valence-corrected chi connectivity index (χ3v) is 5.41. The molecule has 6 nitrogen and oxygen atoms in total.